The topological polar surface area (TPSA) is 408 Å². The van der Waals surface area contributed by atoms with E-state index in [1.165, 1.54) is 19.9 Å². The molecule has 0 spiro atoms. The Labute approximate surface area is 461 Å². The number of nitrogens with two attached hydrogens (primary N) is 1. The Morgan fingerprint density at radius 3 is 1.95 bits per heavy atom. The van der Waals surface area contributed by atoms with Gasteiger partial charge in [-0.25, -0.2) is 0 Å². The van der Waals surface area contributed by atoms with E-state index in [0.29, 0.717) is 12.8 Å². The fraction of sp³-hybridized carbons (Fsp3) is 0.727. The predicted molar refractivity (Wildman–Crippen MR) is 281 cm³/mol. The maximum Gasteiger partial charge on any atom is 0.311 e. The van der Waals surface area contributed by atoms with Crippen LogP contribution < -0.4 is 11.1 Å². The normalized spacial score (nSPS) is 45.1. The minimum atomic E-state index is -2.40. The van der Waals surface area contributed by atoms with E-state index in [2.05, 4.69) is 5.32 Å². The van der Waals surface area contributed by atoms with Gasteiger partial charge in [0.05, 0.1) is 86.2 Å². The number of amides is 1. The van der Waals surface area contributed by atoms with Gasteiger partial charge in [-0.2, -0.15) is 0 Å². The minimum absolute atomic E-state index is 0.195. The number of carboxylic acids is 1. The van der Waals surface area contributed by atoms with Crippen LogP contribution in [0.25, 0.3) is 0 Å². The quantitative estimate of drug-likeness (QED) is 0.135. The second-order valence-electron chi connectivity index (χ2n) is 21.4. The smallest absolute Gasteiger partial charge is 0.311 e. The van der Waals surface area contributed by atoms with Gasteiger partial charge in [-0.05, 0) is 52.4 Å². The molecule has 4 heterocycles. The van der Waals surface area contributed by atoms with E-state index < -0.39 is 190 Å². The van der Waals surface area contributed by atoms with Gasteiger partial charge in [0.1, 0.15) is 42.5 Å². The number of hydrogen-bond donors (Lipinski definition) is 15. The number of aliphatic hydroxyl groups is 12. The highest BCUT2D eigenvalue weighted by atomic mass is 16.7. The number of carbonyl (C=O) groups is 3. The second-order valence-corrected chi connectivity index (χ2v) is 21.4. The Morgan fingerprint density at radius 1 is 0.696 bits per heavy atom. The van der Waals surface area contributed by atoms with Crippen molar-refractivity contribution >= 4 is 17.8 Å². The summed E-state index contributed by atoms with van der Waals surface area (Å²) in [7, 11) is 0. The van der Waals surface area contributed by atoms with Crippen molar-refractivity contribution in [2.45, 2.75) is 227 Å². The molecule has 24 heteroatoms. The minimum Gasteiger partial charge on any atom is -0.481 e. The molecule has 0 saturated carbocycles. The molecular weight excluding hydrogens is 1040 g/mol. The molecule has 1 unspecified atom stereocenters. The number of fused-ring (bicyclic) bond motifs is 2. The summed E-state index contributed by atoms with van der Waals surface area (Å²) in [6, 6.07) is -2.43. The van der Waals surface area contributed by atoms with Crippen molar-refractivity contribution in [3.63, 3.8) is 0 Å². The molecule has 16 N–H and O–H groups in total. The fourth-order valence-electron chi connectivity index (χ4n) is 10.1. The van der Waals surface area contributed by atoms with Crippen molar-refractivity contribution in [2.75, 3.05) is 6.61 Å². The fourth-order valence-corrected chi connectivity index (χ4v) is 10.1. The zero-order chi connectivity index (χ0) is 58.7. The lowest BCUT2D eigenvalue weighted by Gasteiger charge is -2.45. The molecular formula is C55H88N2O22. The van der Waals surface area contributed by atoms with E-state index in [1.54, 1.807) is 50.3 Å². The summed E-state index contributed by atoms with van der Waals surface area (Å²) in [6.45, 7) is 7.21. The third-order valence-corrected chi connectivity index (χ3v) is 14.7. The molecule has 4 rings (SSSR count). The first-order chi connectivity index (χ1) is 37.2. The van der Waals surface area contributed by atoms with E-state index in [9.17, 15) is 80.8 Å². The summed E-state index contributed by atoms with van der Waals surface area (Å²) in [5.41, 5.74) is 6.05. The number of carbonyl (C=O) groups excluding carboxylic acids is 2. The van der Waals surface area contributed by atoms with Crippen LogP contribution in [0.4, 0.5) is 0 Å². The maximum atomic E-state index is 13.2. The molecule has 4 aliphatic rings. The van der Waals surface area contributed by atoms with Gasteiger partial charge in [0.25, 0.3) is 0 Å². The van der Waals surface area contributed by atoms with E-state index >= 15 is 0 Å². The van der Waals surface area contributed by atoms with E-state index in [4.69, 9.17) is 34.2 Å². The van der Waals surface area contributed by atoms with E-state index in [-0.39, 0.29) is 32.1 Å². The predicted octanol–water partition coefficient (Wildman–Crippen LogP) is -1.10. The molecule has 450 valence electrons. The molecule has 1 amide bonds. The molecule has 79 heavy (non-hydrogen) atoms. The van der Waals surface area contributed by atoms with Crippen molar-refractivity contribution < 1.29 is 109 Å². The number of cyclic esters (lactones) is 1. The Morgan fingerprint density at radius 2 is 1.30 bits per heavy atom. The Kier molecular flexibility index (Phi) is 28.0. The zero-order valence-corrected chi connectivity index (χ0v) is 45.6. The molecule has 0 radical (unpaired) electrons. The average molecular weight is 1130 g/mol. The number of carboxylic acid groups (broad SMARTS) is 1. The number of aliphatic carboxylic acids is 1. The summed E-state index contributed by atoms with van der Waals surface area (Å²) in [5, 5.41) is 143. The number of ether oxygens (including phenoxy) is 6. The van der Waals surface area contributed by atoms with Crippen LogP contribution >= 0.6 is 0 Å². The van der Waals surface area contributed by atoms with Crippen LogP contribution in [-0.2, 0) is 42.8 Å². The molecule has 0 aromatic carbocycles. The van der Waals surface area contributed by atoms with Crippen molar-refractivity contribution in [3.05, 3.63) is 72.9 Å². The summed E-state index contributed by atoms with van der Waals surface area (Å²) < 4.78 is 35.8. The summed E-state index contributed by atoms with van der Waals surface area (Å²) >= 11 is 0. The summed E-state index contributed by atoms with van der Waals surface area (Å²) in [4.78, 5) is 38.0. The van der Waals surface area contributed by atoms with Crippen molar-refractivity contribution in [1.82, 2.24) is 5.32 Å². The van der Waals surface area contributed by atoms with Crippen LogP contribution in [0.1, 0.15) is 98.8 Å². The van der Waals surface area contributed by atoms with Crippen LogP contribution in [-0.4, -0.2) is 219 Å². The molecule has 2 bridgehead atoms. The lowest BCUT2D eigenvalue weighted by molar-refractivity contribution is -0.310. The average Bonchev–Trinajstić information content (AvgIpc) is 3.36. The first-order valence-corrected chi connectivity index (χ1v) is 27.1. The third-order valence-electron chi connectivity index (χ3n) is 14.7. The highest BCUT2D eigenvalue weighted by molar-refractivity contribution is 5.73. The highest BCUT2D eigenvalue weighted by Gasteiger charge is 2.52. The van der Waals surface area contributed by atoms with Crippen molar-refractivity contribution in [1.29, 1.82) is 0 Å². The Hall–Kier alpha value is -3.87. The van der Waals surface area contributed by atoms with Crippen LogP contribution in [0.5, 0.6) is 0 Å². The standard InChI is InChI=1S/C55H88N2O22/c1-29-18-16-14-12-10-8-6-7-9-11-13-15-17-19-37(76-54-49(69)45(56)47(67)32(4)75-54)25-41-44(52(71)72)40(65)27-55(73,79-41)26-39(64)38(63)21-20-34(60)22-35(61)23-36(62)24-43(66)74-31(3)30(2)51(29)78-53-46(57-33(5)59)50(70)48(68)42(28-58)77-53/h6-7,9,11-19,29-32,34-42,44-51,53-54,58,60-65,67-70,73H,8,10,20-28,56H2,1-5H3,(H,57,59)(H,71,72)/b7-6+,11-9+,14-12+,15-13+,18-16+,19-17+/t29-,30-,31-,32+,34+,35+,36+,37-,38+,39+,40-,41-,42+,44+,45-,46+,47+,48+,49-,50+,51+,53?,54-,55+/m0/s1. The molecule has 0 aliphatic carbocycles. The number of aliphatic hydroxyl groups excluding tert-OH is 11. The highest BCUT2D eigenvalue weighted by Crippen LogP contribution is 2.38. The third kappa shape index (κ3) is 21.1. The number of hydrogen-bond acceptors (Lipinski definition) is 22. The molecule has 0 aromatic rings. The van der Waals surface area contributed by atoms with Gasteiger partial charge in [-0.1, -0.05) is 86.8 Å². The summed E-state index contributed by atoms with van der Waals surface area (Å²) in [6.07, 6.45) is -5.45. The molecule has 24 atom stereocenters. The maximum absolute atomic E-state index is 13.2. The monoisotopic (exact) mass is 1130 g/mol. The lowest BCUT2D eigenvalue weighted by atomic mass is 9.82. The van der Waals surface area contributed by atoms with Crippen molar-refractivity contribution in [3.8, 4) is 0 Å². The molecule has 3 saturated heterocycles. The number of allylic oxidation sites excluding steroid dienone is 10. The molecule has 3 fully saturated rings. The van der Waals surface area contributed by atoms with Crippen LogP contribution in [0.15, 0.2) is 72.9 Å². The van der Waals surface area contributed by atoms with Crippen LogP contribution in [0.2, 0.25) is 0 Å². The van der Waals surface area contributed by atoms with Gasteiger partial charge in [-0.3, -0.25) is 14.4 Å². The molecule has 4 aliphatic heterocycles. The van der Waals surface area contributed by atoms with Gasteiger partial charge < -0.3 is 106 Å². The first-order valence-electron chi connectivity index (χ1n) is 27.1. The van der Waals surface area contributed by atoms with Gasteiger partial charge >= 0.3 is 11.9 Å². The zero-order valence-electron chi connectivity index (χ0n) is 45.6. The number of nitrogens with one attached hydrogen (secondary N) is 1. The van der Waals surface area contributed by atoms with Gasteiger partial charge in [0.2, 0.25) is 5.91 Å². The second kappa shape index (κ2) is 32.7. The van der Waals surface area contributed by atoms with Gasteiger partial charge in [-0.15, -0.1) is 0 Å². The summed E-state index contributed by atoms with van der Waals surface area (Å²) in [5.74, 6) is -7.96. The first kappa shape index (κ1) is 67.6. The Bertz CT molecular complexity index is 2060. The van der Waals surface area contributed by atoms with Gasteiger partial charge in [0.15, 0.2) is 18.4 Å². The van der Waals surface area contributed by atoms with Crippen LogP contribution in [0.3, 0.4) is 0 Å². The van der Waals surface area contributed by atoms with Crippen LogP contribution in [0, 0.1) is 17.8 Å². The van der Waals surface area contributed by atoms with E-state index in [1.807, 2.05) is 37.3 Å². The number of esters is 1. The SMILES string of the molecule is CC(=O)N[C@H]1C(O[C@H]2[C@@H](C)[C@H](C)OC(=O)C[C@H](O)C[C@H](O)C[C@H](O)CC[C@@H](O)[C@H](O)C[C@]3(O)C[C@H](O)[C@@H](C(=O)O)[C@H](C[C@@H](O[C@@H]4O[C@H](C)[C@@H](O)[C@H](N)[C@@H]4O)/C=C/C=C/C=C/C=C/CC/C=C/C=C/[C@@H]2C)O3)O[C@H](CO)[C@@H](O)[C@@H]1O. The van der Waals surface area contributed by atoms with Crippen molar-refractivity contribution in [2.24, 2.45) is 23.5 Å². The largest absolute Gasteiger partial charge is 0.481 e. The Balaban J connectivity index is 1.59. The van der Waals surface area contributed by atoms with Gasteiger partial charge in [0, 0.05) is 38.0 Å². The lowest BCUT2D eigenvalue weighted by Crippen LogP contribution is -2.65. The number of rotatable bonds is 7. The van der Waals surface area contributed by atoms with E-state index in [0.717, 1.165) is 0 Å². The molecule has 0 aromatic heterocycles. The molecule has 24 nitrogen and oxygen atoms in total.